The second-order valence-corrected chi connectivity index (χ2v) is 3.38. The van der Waals surface area contributed by atoms with Crippen LogP contribution in [0.5, 0.6) is 5.75 Å². The number of anilines is 2. The van der Waals surface area contributed by atoms with Crippen LogP contribution in [0.25, 0.3) is 0 Å². The Kier molecular flexibility index (Phi) is 2.22. The van der Waals surface area contributed by atoms with Crippen LogP contribution in [-0.4, -0.2) is 12.0 Å². The van der Waals surface area contributed by atoms with Gasteiger partial charge in [-0.1, -0.05) is 6.92 Å². The number of carbonyl (C=O) groups excluding carboxylic acids is 1. The molecule has 0 radical (unpaired) electrons. The van der Waals surface area contributed by atoms with Crippen molar-refractivity contribution < 1.29 is 13.9 Å². The van der Waals surface area contributed by atoms with Crippen molar-refractivity contribution in [1.29, 1.82) is 0 Å². The van der Waals surface area contributed by atoms with E-state index in [0.29, 0.717) is 12.1 Å². The van der Waals surface area contributed by atoms with Gasteiger partial charge in [0.2, 0.25) is 0 Å². The van der Waals surface area contributed by atoms with Crippen molar-refractivity contribution in [3.8, 4) is 5.75 Å². The molecule has 1 amide bonds. The number of nitrogens with two attached hydrogens (primary N) is 1. The lowest BCUT2D eigenvalue weighted by Gasteiger charge is -2.25. The van der Waals surface area contributed by atoms with Crippen LogP contribution in [0.15, 0.2) is 12.1 Å². The van der Waals surface area contributed by atoms with Crippen LogP contribution >= 0.6 is 0 Å². The second kappa shape index (κ2) is 3.42. The van der Waals surface area contributed by atoms with Gasteiger partial charge in [0.25, 0.3) is 5.91 Å². The average Bonchev–Trinajstić information content (AvgIpc) is 2.16. The number of carbonyl (C=O) groups is 1. The lowest BCUT2D eigenvalue weighted by molar-refractivity contribution is -0.123. The molecule has 1 atom stereocenters. The van der Waals surface area contributed by atoms with E-state index < -0.39 is 11.9 Å². The summed E-state index contributed by atoms with van der Waals surface area (Å²) < 4.78 is 18.6. The molecule has 15 heavy (non-hydrogen) atoms. The first-order valence-corrected chi connectivity index (χ1v) is 4.68. The predicted octanol–water partition coefficient (Wildman–Crippen LogP) is 1.52. The van der Waals surface area contributed by atoms with E-state index in [4.69, 9.17) is 10.5 Å². The van der Waals surface area contributed by atoms with Crippen molar-refractivity contribution in [2.45, 2.75) is 19.4 Å². The summed E-state index contributed by atoms with van der Waals surface area (Å²) in [4.78, 5) is 11.4. The quantitative estimate of drug-likeness (QED) is 0.690. The smallest absolute Gasteiger partial charge is 0.265 e. The Morgan fingerprint density at radius 2 is 2.33 bits per heavy atom. The van der Waals surface area contributed by atoms with Crippen LogP contribution in [0.4, 0.5) is 15.8 Å². The monoisotopic (exact) mass is 210 g/mol. The highest BCUT2D eigenvalue weighted by atomic mass is 19.1. The summed E-state index contributed by atoms with van der Waals surface area (Å²) in [5.74, 6) is -0.755. The fourth-order valence-electron chi connectivity index (χ4n) is 1.50. The third-order valence-electron chi connectivity index (χ3n) is 2.25. The molecule has 1 aromatic carbocycles. The normalized spacial score (nSPS) is 19.1. The van der Waals surface area contributed by atoms with Gasteiger partial charge in [-0.25, -0.2) is 4.39 Å². The van der Waals surface area contributed by atoms with Gasteiger partial charge in [-0.15, -0.1) is 0 Å². The summed E-state index contributed by atoms with van der Waals surface area (Å²) in [5, 5.41) is 2.56. The number of nitrogen functional groups attached to an aromatic ring is 1. The SMILES string of the molecule is CCC1Oc2c(F)cc(N)cc2NC1=O. The minimum Gasteiger partial charge on any atom is -0.475 e. The predicted molar refractivity (Wildman–Crippen MR) is 54.1 cm³/mol. The molecule has 0 aromatic heterocycles. The molecule has 1 aromatic rings. The Morgan fingerprint density at radius 1 is 1.60 bits per heavy atom. The van der Waals surface area contributed by atoms with E-state index in [9.17, 15) is 9.18 Å². The molecule has 1 unspecified atom stereocenters. The highest BCUT2D eigenvalue weighted by Crippen LogP contribution is 2.34. The maximum Gasteiger partial charge on any atom is 0.265 e. The van der Waals surface area contributed by atoms with Gasteiger partial charge < -0.3 is 15.8 Å². The maximum atomic E-state index is 13.4. The third-order valence-corrected chi connectivity index (χ3v) is 2.25. The van der Waals surface area contributed by atoms with Crippen LogP contribution in [-0.2, 0) is 4.79 Å². The molecule has 0 spiro atoms. The number of fused-ring (bicyclic) bond motifs is 1. The van der Waals surface area contributed by atoms with Crippen molar-refractivity contribution in [2.24, 2.45) is 0 Å². The molecule has 1 aliphatic heterocycles. The Bertz CT molecular complexity index is 420. The van der Waals surface area contributed by atoms with Crippen LogP contribution in [0.3, 0.4) is 0 Å². The summed E-state index contributed by atoms with van der Waals surface area (Å²) in [6.07, 6.45) is -0.134. The van der Waals surface area contributed by atoms with Crippen LogP contribution in [0.1, 0.15) is 13.3 Å². The molecule has 1 aliphatic rings. The second-order valence-electron chi connectivity index (χ2n) is 3.38. The Balaban J connectivity index is 2.45. The molecule has 0 bridgehead atoms. The van der Waals surface area contributed by atoms with E-state index in [0.717, 1.165) is 0 Å². The van der Waals surface area contributed by atoms with Crippen molar-refractivity contribution in [3.05, 3.63) is 17.9 Å². The first-order valence-electron chi connectivity index (χ1n) is 4.68. The van der Waals surface area contributed by atoms with E-state index in [1.165, 1.54) is 12.1 Å². The van der Waals surface area contributed by atoms with Gasteiger partial charge in [-0.2, -0.15) is 0 Å². The van der Waals surface area contributed by atoms with Gasteiger partial charge in [-0.3, -0.25) is 4.79 Å². The maximum absolute atomic E-state index is 13.4. The zero-order valence-electron chi connectivity index (χ0n) is 8.21. The Labute approximate surface area is 86.2 Å². The number of hydrogen-bond donors (Lipinski definition) is 2. The molecule has 5 heteroatoms. The number of benzene rings is 1. The molecule has 1 heterocycles. The molecular formula is C10H11FN2O2. The van der Waals surface area contributed by atoms with E-state index >= 15 is 0 Å². The number of nitrogens with one attached hydrogen (secondary N) is 1. The molecule has 0 fully saturated rings. The minimum absolute atomic E-state index is 0.0654. The zero-order valence-corrected chi connectivity index (χ0v) is 8.21. The van der Waals surface area contributed by atoms with Gasteiger partial charge in [-0.05, 0) is 12.5 Å². The van der Waals surface area contributed by atoms with Gasteiger partial charge in [0.05, 0.1) is 5.69 Å². The first kappa shape index (κ1) is 9.76. The summed E-state index contributed by atoms with van der Waals surface area (Å²) in [6.45, 7) is 1.80. The van der Waals surface area contributed by atoms with E-state index in [2.05, 4.69) is 5.32 Å². The van der Waals surface area contributed by atoms with Crippen LogP contribution in [0.2, 0.25) is 0 Å². The van der Waals surface area contributed by atoms with Crippen molar-refractivity contribution in [1.82, 2.24) is 0 Å². The molecule has 80 valence electrons. The minimum atomic E-state index is -0.629. The van der Waals surface area contributed by atoms with E-state index in [1.54, 1.807) is 6.92 Å². The van der Waals surface area contributed by atoms with E-state index in [-0.39, 0.29) is 17.3 Å². The summed E-state index contributed by atoms with van der Waals surface area (Å²) in [5.41, 5.74) is 6.00. The number of amides is 1. The van der Waals surface area contributed by atoms with Crippen molar-refractivity contribution in [3.63, 3.8) is 0 Å². The fourth-order valence-corrected chi connectivity index (χ4v) is 1.50. The molecule has 2 rings (SSSR count). The summed E-state index contributed by atoms with van der Waals surface area (Å²) >= 11 is 0. The van der Waals surface area contributed by atoms with Gasteiger partial charge in [0.15, 0.2) is 17.7 Å². The summed E-state index contributed by atoms with van der Waals surface area (Å²) in [7, 11) is 0. The van der Waals surface area contributed by atoms with Crippen molar-refractivity contribution in [2.75, 3.05) is 11.1 Å². The van der Waals surface area contributed by atoms with Gasteiger partial charge >= 0.3 is 0 Å². The standard InChI is InChI=1S/C10H11FN2O2/c1-2-8-10(14)13-7-4-5(12)3-6(11)9(7)15-8/h3-4,8H,2,12H2,1H3,(H,13,14). The first-order chi connectivity index (χ1) is 7.11. The highest BCUT2D eigenvalue weighted by molar-refractivity contribution is 5.98. The highest BCUT2D eigenvalue weighted by Gasteiger charge is 2.28. The summed E-state index contributed by atoms with van der Waals surface area (Å²) in [6, 6.07) is 2.64. The van der Waals surface area contributed by atoms with Gasteiger partial charge in [0, 0.05) is 11.8 Å². The zero-order chi connectivity index (χ0) is 11.0. The lowest BCUT2D eigenvalue weighted by atomic mass is 10.1. The average molecular weight is 210 g/mol. The van der Waals surface area contributed by atoms with Crippen LogP contribution < -0.4 is 15.8 Å². The molecular weight excluding hydrogens is 199 g/mol. The molecule has 4 nitrogen and oxygen atoms in total. The molecule has 0 saturated carbocycles. The van der Waals surface area contributed by atoms with E-state index in [1.807, 2.05) is 0 Å². The fraction of sp³-hybridized carbons (Fsp3) is 0.300. The third kappa shape index (κ3) is 1.60. The molecule has 3 N–H and O–H groups in total. The van der Waals surface area contributed by atoms with Gasteiger partial charge in [0.1, 0.15) is 0 Å². The topological polar surface area (TPSA) is 64.3 Å². The number of hydrogen-bond acceptors (Lipinski definition) is 3. The Morgan fingerprint density at radius 3 is 3.00 bits per heavy atom. The Hall–Kier alpha value is -1.78. The lowest BCUT2D eigenvalue weighted by Crippen LogP contribution is -2.36. The number of halogens is 1. The molecule has 0 saturated heterocycles. The van der Waals surface area contributed by atoms with Crippen molar-refractivity contribution >= 4 is 17.3 Å². The number of ether oxygens (including phenoxy) is 1. The molecule has 0 aliphatic carbocycles. The number of rotatable bonds is 1. The van der Waals surface area contributed by atoms with Crippen LogP contribution in [0, 0.1) is 5.82 Å². The largest absolute Gasteiger partial charge is 0.475 e.